The van der Waals surface area contributed by atoms with E-state index in [4.69, 9.17) is 24.4 Å². The van der Waals surface area contributed by atoms with Crippen LogP contribution >= 0.6 is 0 Å². The third-order valence-electron chi connectivity index (χ3n) is 10.7. The molecule has 0 N–H and O–H groups in total. The number of aromatic nitrogens is 4. The summed E-state index contributed by atoms with van der Waals surface area (Å²) in [5, 5.41) is 5.40. The lowest BCUT2D eigenvalue weighted by atomic mass is 9.97. The fraction of sp³-hybridized carbons (Fsp3) is 0. The number of hydrogen-bond donors (Lipinski definition) is 0. The molecular weight excluding hydrogens is 697 g/mol. The molecule has 0 atom stereocenters. The molecule has 57 heavy (non-hydrogen) atoms. The van der Waals surface area contributed by atoms with Gasteiger partial charge in [-0.2, -0.15) is 0 Å². The molecule has 11 aromatic rings. The van der Waals surface area contributed by atoms with Crippen LogP contribution in [0.5, 0.6) is 0 Å². The summed E-state index contributed by atoms with van der Waals surface area (Å²) in [6.07, 6.45) is 0. The Morgan fingerprint density at radius 1 is 0.316 bits per heavy atom. The van der Waals surface area contributed by atoms with Gasteiger partial charge in [0.15, 0.2) is 17.5 Å². The first-order valence-corrected chi connectivity index (χ1v) is 19.0. The van der Waals surface area contributed by atoms with Crippen molar-refractivity contribution in [3.05, 3.63) is 194 Å². The molecular formula is C52H32N4O. The number of para-hydroxylation sites is 1. The predicted molar refractivity (Wildman–Crippen MR) is 233 cm³/mol. The predicted octanol–water partition coefficient (Wildman–Crippen LogP) is 13.5. The molecule has 0 saturated carbocycles. The van der Waals surface area contributed by atoms with E-state index >= 15 is 0 Å². The molecule has 0 fully saturated rings. The van der Waals surface area contributed by atoms with Crippen LogP contribution in [0.15, 0.2) is 199 Å². The Kier molecular flexibility index (Phi) is 7.74. The molecule has 5 nitrogen and oxygen atoms in total. The molecule has 3 heterocycles. The van der Waals surface area contributed by atoms with Crippen LogP contribution in [-0.4, -0.2) is 19.9 Å². The summed E-state index contributed by atoms with van der Waals surface area (Å²) in [6.45, 7) is 0. The van der Waals surface area contributed by atoms with Crippen LogP contribution in [0.25, 0.3) is 111 Å². The summed E-state index contributed by atoms with van der Waals surface area (Å²) in [6, 6.07) is 66.9. The Labute approximate surface area is 328 Å². The molecule has 0 unspecified atom stereocenters. The molecule has 0 aliphatic rings. The number of pyridine rings is 1. The topological polar surface area (TPSA) is 64.7 Å². The Bertz CT molecular complexity index is 3280. The van der Waals surface area contributed by atoms with E-state index in [9.17, 15) is 0 Å². The lowest BCUT2D eigenvalue weighted by molar-refractivity contribution is 0.672. The Balaban J connectivity index is 0.999. The monoisotopic (exact) mass is 728 g/mol. The third kappa shape index (κ3) is 5.90. The van der Waals surface area contributed by atoms with E-state index in [0.29, 0.717) is 17.5 Å². The van der Waals surface area contributed by atoms with Crippen molar-refractivity contribution in [2.75, 3.05) is 0 Å². The molecule has 3 aromatic heterocycles. The van der Waals surface area contributed by atoms with Crippen LogP contribution in [0.3, 0.4) is 0 Å². The largest absolute Gasteiger partial charge is 0.455 e. The van der Waals surface area contributed by atoms with Crippen LogP contribution < -0.4 is 0 Å². The fourth-order valence-electron chi connectivity index (χ4n) is 7.83. The first-order chi connectivity index (χ1) is 28.2. The van der Waals surface area contributed by atoms with Gasteiger partial charge in [-0.15, -0.1) is 0 Å². The molecule has 0 radical (unpaired) electrons. The number of nitrogens with zero attached hydrogens (tertiary/aromatic N) is 4. The zero-order chi connectivity index (χ0) is 37.7. The maximum Gasteiger partial charge on any atom is 0.164 e. The second-order valence-electron chi connectivity index (χ2n) is 14.3. The molecule has 0 aliphatic carbocycles. The van der Waals surface area contributed by atoms with Gasteiger partial charge in [-0.3, -0.25) is 0 Å². The SMILES string of the molecule is c1ccc(-c2cccc(-c3nc(-c4ccccc4)nc(-c4ccc(-c5cccc(-c6nc7cc8ccccc8cc7c7oc8ccccc8c67)c5)cc4)n3)c2)cc1. The minimum Gasteiger partial charge on any atom is -0.455 e. The van der Waals surface area contributed by atoms with Crippen molar-refractivity contribution < 1.29 is 4.42 Å². The zero-order valence-electron chi connectivity index (χ0n) is 30.7. The van der Waals surface area contributed by atoms with E-state index in [0.717, 1.165) is 93.8 Å². The summed E-state index contributed by atoms with van der Waals surface area (Å²) in [5.74, 6) is 1.88. The standard InChI is InChI=1S/C52H32N4O/c1-3-13-33(14-4-1)38-20-12-22-42(30-38)52-55-50(35-15-5-2-6-16-35)54-51(56-52)36-27-25-34(26-28-36)37-19-11-21-41(29-37)48-47-43-23-9-10-24-46(43)57-49(47)44-31-39-17-7-8-18-40(39)32-45(44)53-48/h1-32H. The van der Waals surface area contributed by atoms with E-state index < -0.39 is 0 Å². The average molecular weight is 729 g/mol. The van der Waals surface area contributed by atoms with Crippen molar-refractivity contribution in [1.82, 2.24) is 19.9 Å². The summed E-state index contributed by atoms with van der Waals surface area (Å²) < 4.78 is 6.59. The third-order valence-corrected chi connectivity index (χ3v) is 10.7. The van der Waals surface area contributed by atoms with E-state index in [1.807, 2.05) is 48.5 Å². The second kappa shape index (κ2) is 13.5. The van der Waals surface area contributed by atoms with Crippen LogP contribution in [0, 0.1) is 0 Å². The van der Waals surface area contributed by atoms with Crippen molar-refractivity contribution in [3.8, 4) is 67.7 Å². The van der Waals surface area contributed by atoms with E-state index in [2.05, 4.69) is 146 Å². The van der Waals surface area contributed by atoms with E-state index in [-0.39, 0.29) is 0 Å². The van der Waals surface area contributed by atoms with Crippen LogP contribution in [0.4, 0.5) is 0 Å². The van der Waals surface area contributed by atoms with Crippen molar-refractivity contribution in [1.29, 1.82) is 0 Å². The number of hydrogen-bond acceptors (Lipinski definition) is 5. The lowest BCUT2D eigenvalue weighted by Gasteiger charge is -2.11. The molecule has 0 bridgehead atoms. The minimum atomic E-state index is 0.617. The minimum absolute atomic E-state index is 0.617. The van der Waals surface area contributed by atoms with Gasteiger partial charge in [-0.25, -0.2) is 19.9 Å². The number of benzene rings is 8. The Morgan fingerprint density at radius 2 is 0.807 bits per heavy atom. The maximum atomic E-state index is 6.59. The molecule has 0 spiro atoms. The van der Waals surface area contributed by atoms with E-state index in [1.165, 1.54) is 0 Å². The van der Waals surface area contributed by atoms with Gasteiger partial charge < -0.3 is 4.42 Å². The van der Waals surface area contributed by atoms with Gasteiger partial charge in [0.1, 0.15) is 11.2 Å². The average Bonchev–Trinajstić information content (AvgIpc) is 3.69. The first kappa shape index (κ1) is 32.7. The van der Waals surface area contributed by atoms with Gasteiger partial charge in [0, 0.05) is 33.0 Å². The maximum absolute atomic E-state index is 6.59. The first-order valence-electron chi connectivity index (χ1n) is 19.0. The van der Waals surface area contributed by atoms with Crippen molar-refractivity contribution in [2.45, 2.75) is 0 Å². The highest BCUT2D eigenvalue weighted by molar-refractivity contribution is 6.20. The summed E-state index contributed by atoms with van der Waals surface area (Å²) in [5.41, 5.74) is 11.7. The van der Waals surface area contributed by atoms with Gasteiger partial charge in [-0.1, -0.05) is 164 Å². The number of rotatable bonds is 6. The Morgan fingerprint density at radius 3 is 1.53 bits per heavy atom. The number of furan rings is 1. The quantitative estimate of drug-likeness (QED) is 0.160. The highest BCUT2D eigenvalue weighted by Crippen LogP contribution is 2.41. The molecule has 8 aromatic carbocycles. The van der Waals surface area contributed by atoms with Gasteiger partial charge in [-0.05, 0) is 63.4 Å². The molecule has 0 amide bonds. The molecule has 5 heteroatoms. The smallest absolute Gasteiger partial charge is 0.164 e. The van der Waals surface area contributed by atoms with Crippen LogP contribution in [-0.2, 0) is 0 Å². The summed E-state index contributed by atoms with van der Waals surface area (Å²) in [7, 11) is 0. The molecule has 0 aliphatic heterocycles. The molecule has 0 saturated heterocycles. The normalized spacial score (nSPS) is 11.5. The van der Waals surface area contributed by atoms with Crippen LogP contribution in [0.2, 0.25) is 0 Å². The Hall–Kier alpha value is -7.76. The highest BCUT2D eigenvalue weighted by Gasteiger charge is 2.19. The van der Waals surface area contributed by atoms with Crippen molar-refractivity contribution in [2.24, 2.45) is 0 Å². The lowest BCUT2D eigenvalue weighted by Crippen LogP contribution is -2.00. The van der Waals surface area contributed by atoms with Gasteiger partial charge in [0.2, 0.25) is 0 Å². The fourth-order valence-corrected chi connectivity index (χ4v) is 7.83. The summed E-state index contributed by atoms with van der Waals surface area (Å²) in [4.78, 5) is 20.3. The van der Waals surface area contributed by atoms with Crippen LogP contribution in [0.1, 0.15) is 0 Å². The van der Waals surface area contributed by atoms with Gasteiger partial charge in [0.25, 0.3) is 0 Å². The summed E-state index contributed by atoms with van der Waals surface area (Å²) >= 11 is 0. The molecule has 11 rings (SSSR count). The highest BCUT2D eigenvalue weighted by atomic mass is 16.3. The second-order valence-corrected chi connectivity index (χ2v) is 14.3. The number of fused-ring (bicyclic) bond motifs is 6. The van der Waals surface area contributed by atoms with Crippen molar-refractivity contribution in [3.63, 3.8) is 0 Å². The van der Waals surface area contributed by atoms with Gasteiger partial charge in [0.05, 0.1) is 16.6 Å². The van der Waals surface area contributed by atoms with E-state index in [1.54, 1.807) is 0 Å². The van der Waals surface area contributed by atoms with Crippen molar-refractivity contribution >= 4 is 43.6 Å². The van der Waals surface area contributed by atoms with Gasteiger partial charge >= 0.3 is 0 Å². The zero-order valence-corrected chi connectivity index (χ0v) is 30.7. The molecule has 266 valence electrons.